The minimum absolute atomic E-state index is 0.130. The Balaban J connectivity index is 1.16. The fraction of sp³-hybridized carbons (Fsp3) is 0.296. The van der Waals surface area contributed by atoms with Crippen LogP contribution in [0, 0.1) is 0 Å². The Bertz CT molecular complexity index is 1220. The van der Waals surface area contributed by atoms with Gasteiger partial charge in [0.15, 0.2) is 5.60 Å². The first-order valence-corrected chi connectivity index (χ1v) is 11.3. The summed E-state index contributed by atoms with van der Waals surface area (Å²) in [6, 6.07) is 19.3. The molecule has 1 saturated heterocycles. The Morgan fingerprint density at radius 3 is 2.52 bits per heavy atom. The fourth-order valence-electron chi connectivity index (χ4n) is 5.17. The highest BCUT2D eigenvalue weighted by molar-refractivity contribution is 5.96. The number of hydrogen-bond acceptors (Lipinski definition) is 5. The Morgan fingerprint density at radius 1 is 1.00 bits per heavy atom. The number of aromatic nitrogens is 1. The van der Waals surface area contributed by atoms with Gasteiger partial charge in [-0.2, -0.15) is 0 Å². The van der Waals surface area contributed by atoms with Gasteiger partial charge in [0.05, 0.1) is 17.5 Å². The molecule has 3 heterocycles. The van der Waals surface area contributed by atoms with Crippen molar-refractivity contribution in [3.63, 3.8) is 0 Å². The molecule has 3 aromatic rings. The van der Waals surface area contributed by atoms with Crippen LogP contribution in [0.2, 0.25) is 0 Å². The Hall–Kier alpha value is -3.67. The monoisotopic (exact) mass is 440 g/mol. The molecule has 6 heteroatoms. The number of carbonyl (C=O) groups is 2. The lowest BCUT2D eigenvalue weighted by molar-refractivity contribution is -0.134. The fourth-order valence-corrected chi connectivity index (χ4v) is 5.17. The van der Waals surface area contributed by atoms with Gasteiger partial charge in [0.2, 0.25) is 5.91 Å². The standard InChI is InChI=1S/C27H24N2O4/c30-24-22-3-1-2-4-23(22)27(33-24)13-16-29(18-27)25(31)26(11-12-26)20-5-7-21(8-6-20)32-17-19-9-14-28-15-10-19/h1-10,14-15H,11-13,16-18H2. The van der Waals surface area contributed by atoms with Gasteiger partial charge in [0.1, 0.15) is 12.4 Å². The van der Waals surface area contributed by atoms with Gasteiger partial charge in [-0.1, -0.05) is 30.3 Å². The number of fused-ring (bicyclic) bond motifs is 2. The van der Waals surface area contributed by atoms with Gasteiger partial charge < -0.3 is 14.4 Å². The highest BCUT2D eigenvalue weighted by Crippen LogP contribution is 2.52. The summed E-state index contributed by atoms with van der Waals surface area (Å²) in [4.78, 5) is 31.9. The molecule has 0 N–H and O–H groups in total. The van der Waals surface area contributed by atoms with Crippen LogP contribution in [-0.2, 0) is 27.2 Å². The van der Waals surface area contributed by atoms with Crippen molar-refractivity contribution in [2.75, 3.05) is 13.1 Å². The summed E-state index contributed by atoms with van der Waals surface area (Å²) in [6.45, 7) is 1.49. The largest absolute Gasteiger partial charge is 0.489 e. The number of pyridine rings is 1. The van der Waals surface area contributed by atoms with Gasteiger partial charge in [-0.25, -0.2) is 4.79 Å². The van der Waals surface area contributed by atoms with E-state index < -0.39 is 11.0 Å². The Kier molecular flexibility index (Phi) is 4.50. The third-order valence-corrected chi connectivity index (χ3v) is 7.17. The molecule has 6 rings (SSSR count). The van der Waals surface area contributed by atoms with E-state index in [0.717, 1.165) is 35.3 Å². The molecule has 1 aliphatic carbocycles. The Labute approximate surface area is 192 Å². The number of likely N-dealkylation sites (tertiary alicyclic amines) is 1. The molecular formula is C27H24N2O4. The summed E-state index contributed by atoms with van der Waals surface area (Å²) in [5.74, 6) is 0.613. The lowest BCUT2D eigenvalue weighted by atomic mass is 9.91. The van der Waals surface area contributed by atoms with Crippen molar-refractivity contribution in [1.82, 2.24) is 9.88 Å². The second kappa shape index (κ2) is 7.44. The lowest BCUT2D eigenvalue weighted by Crippen LogP contribution is -2.40. The second-order valence-corrected chi connectivity index (χ2v) is 9.16. The number of amides is 1. The second-order valence-electron chi connectivity index (χ2n) is 9.16. The molecule has 1 amide bonds. The molecule has 1 spiro atoms. The number of nitrogens with zero attached hydrogens (tertiary/aromatic N) is 2. The van der Waals surface area contributed by atoms with Crippen molar-refractivity contribution in [1.29, 1.82) is 0 Å². The molecule has 1 atom stereocenters. The van der Waals surface area contributed by atoms with Gasteiger partial charge in [0, 0.05) is 30.9 Å². The van der Waals surface area contributed by atoms with Crippen LogP contribution < -0.4 is 4.74 Å². The molecule has 2 aliphatic heterocycles. The predicted octanol–water partition coefficient (Wildman–Crippen LogP) is 3.99. The molecule has 166 valence electrons. The number of rotatable bonds is 5. The minimum Gasteiger partial charge on any atom is -0.489 e. The minimum atomic E-state index is -0.704. The maximum Gasteiger partial charge on any atom is 0.339 e. The van der Waals surface area contributed by atoms with E-state index in [1.807, 2.05) is 59.5 Å². The van der Waals surface area contributed by atoms with E-state index in [-0.39, 0.29) is 11.9 Å². The van der Waals surface area contributed by atoms with E-state index in [1.54, 1.807) is 18.5 Å². The molecular weight excluding hydrogens is 416 g/mol. The molecule has 1 aromatic heterocycles. The molecule has 6 nitrogen and oxygen atoms in total. The highest BCUT2D eigenvalue weighted by Gasteiger charge is 2.57. The van der Waals surface area contributed by atoms with E-state index in [4.69, 9.17) is 9.47 Å². The van der Waals surface area contributed by atoms with E-state index in [0.29, 0.717) is 31.7 Å². The average Bonchev–Trinajstić information content (AvgIpc) is 3.49. The summed E-state index contributed by atoms with van der Waals surface area (Å²) in [7, 11) is 0. The lowest BCUT2D eigenvalue weighted by Gasteiger charge is -2.27. The van der Waals surface area contributed by atoms with Crippen LogP contribution in [0.25, 0.3) is 0 Å². The number of benzene rings is 2. The van der Waals surface area contributed by atoms with Crippen molar-refractivity contribution in [3.05, 3.63) is 95.3 Å². The summed E-state index contributed by atoms with van der Waals surface area (Å²) < 4.78 is 11.7. The number of ether oxygens (including phenoxy) is 2. The van der Waals surface area contributed by atoms with E-state index in [1.165, 1.54) is 0 Å². The zero-order chi connectivity index (χ0) is 22.5. The van der Waals surface area contributed by atoms with Crippen LogP contribution in [0.1, 0.15) is 46.3 Å². The van der Waals surface area contributed by atoms with E-state index in [9.17, 15) is 9.59 Å². The van der Waals surface area contributed by atoms with Crippen LogP contribution in [0.5, 0.6) is 5.75 Å². The molecule has 0 bridgehead atoms. The van der Waals surface area contributed by atoms with Crippen molar-refractivity contribution in [2.45, 2.75) is 36.9 Å². The van der Waals surface area contributed by atoms with Gasteiger partial charge in [-0.3, -0.25) is 9.78 Å². The maximum atomic E-state index is 13.6. The normalized spacial score (nSPS) is 22.2. The number of carbonyl (C=O) groups excluding carboxylic acids is 2. The van der Waals surface area contributed by atoms with Crippen molar-refractivity contribution in [3.8, 4) is 5.75 Å². The number of hydrogen-bond donors (Lipinski definition) is 0. The van der Waals surface area contributed by atoms with Crippen molar-refractivity contribution >= 4 is 11.9 Å². The van der Waals surface area contributed by atoms with Crippen LogP contribution in [-0.4, -0.2) is 34.8 Å². The predicted molar refractivity (Wildman–Crippen MR) is 121 cm³/mol. The highest BCUT2D eigenvalue weighted by atomic mass is 16.6. The first-order chi connectivity index (χ1) is 16.1. The molecule has 1 saturated carbocycles. The third kappa shape index (κ3) is 3.28. The van der Waals surface area contributed by atoms with Gasteiger partial charge >= 0.3 is 5.97 Å². The maximum absolute atomic E-state index is 13.6. The summed E-state index contributed by atoms with van der Waals surface area (Å²) in [6.07, 6.45) is 5.81. The summed E-state index contributed by atoms with van der Waals surface area (Å²) in [5.41, 5.74) is 2.43. The van der Waals surface area contributed by atoms with Gasteiger partial charge in [0.25, 0.3) is 0 Å². The molecule has 0 radical (unpaired) electrons. The average molecular weight is 440 g/mol. The van der Waals surface area contributed by atoms with Crippen molar-refractivity contribution in [2.24, 2.45) is 0 Å². The third-order valence-electron chi connectivity index (χ3n) is 7.17. The van der Waals surface area contributed by atoms with Gasteiger partial charge in [-0.15, -0.1) is 0 Å². The molecule has 2 fully saturated rings. The Morgan fingerprint density at radius 2 is 1.76 bits per heavy atom. The number of esters is 1. The molecule has 1 unspecified atom stereocenters. The van der Waals surface area contributed by atoms with Crippen LogP contribution in [0.3, 0.4) is 0 Å². The SMILES string of the molecule is O=C1OC2(CCN(C(=O)C3(c4ccc(OCc5ccncc5)cc4)CC3)C2)c2ccccc21. The van der Waals surface area contributed by atoms with Crippen LogP contribution in [0.4, 0.5) is 0 Å². The van der Waals surface area contributed by atoms with Crippen LogP contribution >= 0.6 is 0 Å². The van der Waals surface area contributed by atoms with Gasteiger partial charge in [-0.05, 0) is 54.3 Å². The molecule has 3 aliphatic rings. The summed E-state index contributed by atoms with van der Waals surface area (Å²) >= 11 is 0. The molecule has 33 heavy (non-hydrogen) atoms. The van der Waals surface area contributed by atoms with E-state index in [2.05, 4.69) is 4.98 Å². The topological polar surface area (TPSA) is 68.7 Å². The quantitative estimate of drug-likeness (QED) is 0.561. The first kappa shape index (κ1) is 20.0. The smallest absolute Gasteiger partial charge is 0.339 e. The van der Waals surface area contributed by atoms with E-state index >= 15 is 0 Å². The molecule has 2 aromatic carbocycles. The van der Waals surface area contributed by atoms with Crippen molar-refractivity contribution < 1.29 is 19.1 Å². The van der Waals surface area contributed by atoms with Crippen LogP contribution in [0.15, 0.2) is 73.1 Å². The zero-order valence-corrected chi connectivity index (χ0v) is 18.2. The first-order valence-electron chi connectivity index (χ1n) is 11.3. The zero-order valence-electron chi connectivity index (χ0n) is 18.2. The summed E-state index contributed by atoms with van der Waals surface area (Å²) in [5, 5.41) is 0.